The Kier molecular flexibility index (Phi) is 11.4. The van der Waals surface area contributed by atoms with Crippen molar-refractivity contribution in [1.29, 1.82) is 0 Å². The summed E-state index contributed by atoms with van der Waals surface area (Å²) in [6, 6.07) is 7.21. The second-order valence-corrected chi connectivity index (χ2v) is 13.6. The normalized spacial score (nSPS) is 31.9. The number of ether oxygens (including phenoxy) is 3. The Balaban J connectivity index is 1.41. The first-order valence-electron chi connectivity index (χ1n) is 17.2. The fraction of sp³-hybridized carbons (Fsp3) is 0.694. The van der Waals surface area contributed by atoms with E-state index in [1.165, 1.54) is 0 Å². The number of carbonyl (C=O) groups excluding carboxylic acids is 3. The molecule has 1 saturated carbocycles. The van der Waals surface area contributed by atoms with Crippen LogP contribution in [0.2, 0.25) is 0 Å². The molecule has 10 nitrogen and oxygen atoms in total. The number of hydrogen-bond acceptors (Lipinski definition) is 8. The zero-order valence-corrected chi connectivity index (χ0v) is 27.5. The number of carbonyl (C=O) groups is 3. The van der Waals surface area contributed by atoms with Crippen LogP contribution in [0.1, 0.15) is 83.1 Å². The van der Waals surface area contributed by atoms with Gasteiger partial charge in [0.1, 0.15) is 5.75 Å². The number of aliphatic hydroxyl groups excluding tert-OH is 2. The van der Waals surface area contributed by atoms with E-state index in [0.717, 1.165) is 24.2 Å². The number of amides is 2. The fourth-order valence-corrected chi connectivity index (χ4v) is 8.91. The van der Waals surface area contributed by atoms with Crippen molar-refractivity contribution in [2.24, 2.45) is 17.3 Å². The Morgan fingerprint density at radius 1 is 1.11 bits per heavy atom. The van der Waals surface area contributed by atoms with Crippen molar-refractivity contribution in [3.05, 3.63) is 42.0 Å². The quantitative estimate of drug-likeness (QED) is 0.200. The highest BCUT2D eigenvalue weighted by molar-refractivity contribution is 5.87. The molecule has 3 aliphatic heterocycles. The van der Waals surface area contributed by atoms with E-state index in [1.54, 1.807) is 14.0 Å². The first kappa shape index (κ1) is 34.4. The van der Waals surface area contributed by atoms with Crippen LogP contribution in [0.4, 0.5) is 0 Å². The van der Waals surface area contributed by atoms with Crippen molar-refractivity contribution in [3.8, 4) is 5.75 Å². The fourth-order valence-electron chi connectivity index (χ4n) is 8.91. The van der Waals surface area contributed by atoms with Gasteiger partial charge in [-0.1, -0.05) is 24.3 Å². The molecule has 2 saturated heterocycles. The Hall–Kier alpha value is -2.95. The van der Waals surface area contributed by atoms with Crippen LogP contribution in [-0.2, 0) is 30.5 Å². The molecule has 4 bridgehead atoms. The van der Waals surface area contributed by atoms with Gasteiger partial charge >= 0.3 is 5.97 Å². The van der Waals surface area contributed by atoms with E-state index in [0.29, 0.717) is 77.7 Å². The highest BCUT2D eigenvalue weighted by Gasteiger charge is 2.73. The summed E-state index contributed by atoms with van der Waals surface area (Å²) in [5.74, 6) is -0.0528. The highest BCUT2D eigenvalue weighted by atomic mass is 16.5. The minimum atomic E-state index is -0.976. The third kappa shape index (κ3) is 6.85. The topological polar surface area (TPSA) is 126 Å². The van der Waals surface area contributed by atoms with E-state index in [-0.39, 0.29) is 49.3 Å². The predicted octanol–water partition coefficient (Wildman–Crippen LogP) is 4.01. The maximum atomic E-state index is 14.4. The SMILES string of the molecule is CCOC(=O)C[C@@]12[C@@H]3CCN4C(=O)CCC/C=C/CC(O)CC[C@@](CO)(C[C@H]3C(=O)N1CCCCOCc1ccc(OC)cc1)[C@H]42. The van der Waals surface area contributed by atoms with Crippen LogP contribution in [0.25, 0.3) is 0 Å². The van der Waals surface area contributed by atoms with Gasteiger partial charge in [-0.3, -0.25) is 14.4 Å². The van der Waals surface area contributed by atoms with Gasteiger partial charge in [0, 0.05) is 37.5 Å². The first-order chi connectivity index (χ1) is 22.3. The molecule has 6 atom stereocenters. The van der Waals surface area contributed by atoms with E-state index >= 15 is 0 Å². The Morgan fingerprint density at radius 3 is 2.65 bits per heavy atom. The van der Waals surface area contributed by atoms with Crippen molar-refractivity contribution in [2.45, 2.75) is 102 Å². The molecule has 0 radical (unpaired) electrons. The molecule has 2 N–H and O–H groups in total. The van der Waals surface area contributed by atoms with E-state index in [2.05, 4.69) is 0 Å². The summed E-state index contributed by atoms with van der Waals surface area (Å²) in [5.41, 5.74) is -0.753. The molecule has 3 heterocycles. The average Bonchev–Trinajstić information content (AvgIpc) is 3.22. The lowest BCUT2D eigenvalue weighted by atomic mass is 9.51. The lowest BCUT2D eigenvalue weighted by molar-refractivity contribution is -0.180. The zero-order valence-electron chi connectivity index (χ0n) is 27.5. The number of nitrogens with zero attached hydrogens (tertiary/aromatic N) is 2. The van der Waals surface area contributed by atoms with E-state index in [1.807, 2.05) is 46.2 Å². The largest absolute Gasteiger partial charge is 0.497 e. The van der Waals surface area contributed by atoms with Gasteiger partial charge < -0.3 is 34.2 Å². The molecule has 254 valence electrons. The summed E-state index contributed by atoms with van der Waals surface area (Å²) in [6.45, 7) is 3.70. The van der Waals surface area contributed by atoms with Crippen LogP contribution in [0.15, 0.2) is 36.4 Å². The molecule has 4 aliphatic rings. The minimum absolute atomic E-state index is 0.00221. The van der Waals surface area contributed by atoms with Gasteiger partial charge in [0.25, 0.3) is 0 Å². The van der Waals surface area contributed by atoms with Crippen LogP contribution >= 0.6 is 0 Å². The maximum Gasteiger partial charge on any atom is 0.308 e. The van der Waals surface area contributed by atoms with Gasteiger partial charge in [0.2, 0.25) is 11.8 Å². The standard InChI is InChI=1S/C36H52N2O8/c1-3-46-32(42)23-36-30-17-20-37-31(41)11-7-5-4-6-10-27(40)16-18-35(25-39,34(36)37)22-29(30)33(43)38(36)19-8-9-21-45-24-26-12-14-28(44-2)15-13-26/h4,6,12-15,27,29-30,34,39-40H,3,5,7-11,16-25H2,1-2H3/b6-4+/t27?,29-,30-,34+,35+,36+/m1/s1. The second-order valence-electron chi connectivity index (χ2n) is 13.6. The molecule has 0 spiro atoms. The molecule has 1 aromatic rings. The second kappa shape index (κ2) is 15.3. The number of piperidine rings is 1. The van der Waals surface area contributed by atoms with Gasteiger partial charge in [-0.25, -0.2) is 0 Å². The Morgan fingerprint density at radius 2 is 1.91 bits per heavy atom. The lowest BCUT2D eigenvalue weighted by Gasteiger charge is -2.63. The van der Waals surface area contributed by atoms with Crippen LogP contribution in [0.3, 0.4) is 0 Å². The van der Waals surface area contributed by atoms with Crippen LogP contribution < -0.4 is 4.74 Å². The van der Waals surface area contributed by atoms with Crippen molar-refractivity contribution >= 4 is 17.8 Å². The Bertz CT molecular complexity index is 1240. The molecular formula is C36H52N2O8. The molecule has 46 heavy (non-hydrogen) atoms. The summed E-state index contributed by atoms with van der Waals surface area (Å²) in [6.07, 6.45) is 9.05. The number of allylic oxidation sites excluding steroid dienone is 1. The number of likely N-dealkylation sites (tertiary alicyclic amines) is 1. The third-order valence-corrected chi connectivity index (χ3v) is 10.9. The van der Waals surface area contributed by atoms with Gasteiger partial charge in [0.05, 0.1) is 51.0 Å². The summed E-state index contributed by atoms with van der Waals surface area (Å²) in [7, 11) is 1.64. The lowest BCUT2D eigenvalue weighted by Crippen LogP contribution is -2.75. The molecule has 3 fully saturated rings. The van der Waals surface area contributed by atoms with Crippen LogP contribution in [0, 0.1) is 17.3 Å². The number of methoxy groups -OCH3 is 1. The molecular weight excluding hydrogens is 588 g/mol. The molecule has 5 rings (SSSR count). The van der Waals surface area contributed by atoms with E-state index in [9.17, 15) is 24.6 Å². The Labute approximate surface area is 273 Å². The molecule has 2 amide bonds. The molecule has 10 heteroatoms. The first-order valence-corrected chi connectivity index (χ1v) is 17.2. The molecule has 1 aromatic carbocycles. The molecule has 0 aromatic heterocycles. The van der Waals surface area contributed by atoms with Crippen molar-refractivity contribution in [1.82, 2.24) is 9.80 Å². The number of hydrogen-bond donors (Lipinski definition) is 2. The van der Waals surface area contributed by atoms with Gasteiger partial charge in [-0.15, -0.1) is 0 Å². The summed E-state index contributed by atoms with van der Waals surface area (Å²) < 4.78 is 16.7. The molecule has 1 unspecified atom stereocenters. The van der Waals surface area contributed by atoms with Crippen LogP contribution in [0.5, 0.6) is 5.75 Å². The number of esters is 1. The smallest absolute Gasteiger partial charge is 0.308 e. The summed E-state index contributed by atoms with van der Waals surface area (Å²) in [4.78, 5) is 45.6. The van der Waals surface area contributed by atoms with E-state index in [4.69, 9.17) is 14.2 Å². The highest BCUT2D eigenvalue weighted by Crippen LogP contribution is 2.63. The number of unbranched alkanes of at least 4 members (excludes halogenated alkanes) is 1. The number of aliphatic hydroxyl groups is 2. The summed E-state index contributed by atoms with van der Waals surface area (Å²) >= 11 is 0. The third-order valence-electron chi connectivity index (χ3n) is 10.9. The van der Waals surface area contributed by atoms with Gasteiger partial charge in [-0.05, 0) is 88.3 Å². The van der Waals surface area contributed by atoms with Crippen molar-refractivity contribution in [2.75, 3.05) is 40.0 Å². The monoisotopic (exact) mass is 640 g/mol. The van der Waals surface area contributed by atoms with Crippen LogP contribution in [-0.4, -0.2) is 95.5 Å². The maximum absolute atomic E-state index is 14.4. The van der Waals surface area contributed by atoms with Gasteiger partial charge in [-0.2, -0.15) is 0 Å². The number of benzene rings is 1. The summed E-state index contributed by atoms with van der Waals surface area (Å²) in [5, 5.41) is 22.1. The van der Waals surface area contributed by atoms with Crippen molar-refractivity contribution in [3.63, 3.8) is 0 Å². The number of rotatable bonds is 12. The molecule has 1 aliphatic carbocycles. The average molecular weight is 641 g/mol. The van der Waals surface area contributed by atoms with Crippen molar-refractivity contribution < 1.29 is 38.8 Å². The minimum Gasteiger partial charge on any atom is -0.497 e. The zero-order chi connectivity index (χ0) is 32.7. The van der Waals surface area contributed by atoms with Gasteiger partial charge in [0.15, 0.2) is 0 Å². The predicted molar refractivity (Wildman–Crippen MR) is 172 cm³/mol. The van der Waals surface area contributed by atoms with E-state index < -0.39 is 23.1 Å².